The number of aromatic amines is 1. The van der Waals surface area contributed by atoms with Crippen LogP contribution in [0.15, 0.2) is 48.5 Å². The highest BCUT2D eigenvalue weighted by Gasteiger charge is 2.58. The Labute approximate surface area is 176 Å². The number of aryl methyl sites for hydroxylation is 1. The molecule has 0 bridgehead atoms. The standard InChI is InChI=1S/C23H26ClN3S/c1-14-20(17-9-4-5-10-19(17)26-14)21-18(23(21,2)3)11-12-25-22(28)27-16-8-6-7-15(24)13-16/h4-10,13,18,21,26H,11-12H2,1-3H3,(H2,25,27,28)/t18-,21+/m1/s1. The van der Waals surface area contributed by atoms with Gasteiger partial charge in [0.1, 0.15) is 0 Å². The first-order valence-corrected chi connectivity index (χ1v) is 10.5. The molecule has 3 N–H and O–H groups in total. The number of hydrogen-bond acceptors (Lipinski definition) is 1. The summed E-state index contributed by atoms with van der Waals surface area (Å²) in [5.41, 5.74) is 5.24. The number of para-hydroxylation sites is 1. The topological polar surface area (TPSA) is 39.9 Å². The lowest BCUT2D eigenvalue weighted by Crippen LogP contribution is -2.29. The molecule has 3 nitrogen and oxygen atoms in total. The summed E-state index contributed by atoms with van der Waals surface area (Å²) >= 11 is 11.5. The van der Waals surface area contributed by atoms with Crippen molar-refractivity contribution >= 4 is 45.5 Å². The SMILES string of the molecule is Cc1[nH]c2ccccc2c1[C@@H]1[C@@H](CCNC(=S)Nc2cccc(Cl)c2)C1(C)C. The van der Waals surface area contributed by atoms with Gasteiger partial charge in [-0.15, -0.1) is 0 Å². The van der Waals surface area contributed by atoms with Crippen LogP contribution in [-0.4, -0.2) is 16.6 Å². The van der Waals surface area contributed by atoms with Crippen LogP contribution in [0.3, 0.4) is 0 Å². The van der Waals surface area contributed by atoms with E-state index in [1.165, 1.54) is 22.2 Å². The van der Waals surface area contributed by atoms with E-state index in [0.717, 1.165) is 18.7 Å². The number of nitrogens with one attached hydrogen (secondary N) is 3. The van der Waals surface area contributed by atoms with Crippen LogP contribution in [0.4, 0.5) is 5.69 Å². The molecule has 5 heteroatoms. The van der Waals surface area contributed by atoms with Crippen LogP contribution in [0.25, 0.3) is 10.9 Å². The van der Waals surface area contributed by atoms with Crippen LogP contribution in [0.5, 0.6) is 0 Å². The van der Waals surface area contributed by atoms with Crippen molar-refractivity contribution in [1.82, 2.24) is 10.3 Å². The summed E-state index contributed by atoms with van der Waals surface area (Å²) < 4.78 is 0. The zero-order chi connectivity index (χ0) is 19.9. The van der Waals surface area contributed by atoms with E-state index in [4.69, 9.17) is 23.8 Å². The number of rotatable bonds is 5. The lowest BCUT2D eigenvalue weighted by molar-refractivity contribution is 0.528. The molecule has 1 saturated carbocycles. The Morgan fingerprint density at radius 2 is 1.96 bits per heavy atom. The maximum absolute atomic E-state index is 6.03. The average molecular weight is 412 g/mol. The molecule has 1 aromatic heterocycles. The summed E-state index contributed by atoms with van der Waals surface area (Å²) in [7, 11) is 0. The molecule has 1 fully saturated rings. The van der Waals surface area contributed by atoms with Gasteiger partial charge in [-0.05, 0) is 72.6 Å². The first kappa shape index (κ1) is 19.3. The highest BCUT2D eigenvalue weighted by atomic mass is 35.5. The first-order chi connectivity index (χ1) is 13.4. The summed E-state index contributed by atoms with van der Waals surface area (Å²) in [6.45, 7) is 7.82. The van der Waals surface area contributed by atoms with Crippen molar-refractivity contribution in [2.75, 3.05) is 11.9 Å². The van der Waals surface area contributed by atoms with Crippen LogP contribution < -0.4 is 10.6 Å². The zero-order valence-electron chi connectivity index (χ0n) is 16.5. The summed E-state index contributed by atoms with van der Waals surface area (Å²) in [6.07, 6.45) is 1.09. The number of fused-ring (bicyclic) bond motifs is 1. The minimum atomic E-state index is 0.305. The Morgan fingerprint density at radius 3 is 2.75 bits per heavy atom. The number of benzene rings is 2. The monoisotopic (exact) mass is 411 g/mol. The Hall–Kier alpha value is -2.04. The summed E-state index contributed by atoms with van der Waals surface area (Å²) in [4.78, 5) is 3.56. The van der Waals surface area contributed by atoms with Gasteiger partial charge < -0.3 is 15.6 Å². The highest BCUT2D eigenvalue weighted by Crippen LogP contribution is 2.67. The van der Waals surface area contributed by atoms with Gasteiger partial charge in [0.2, 0.25) is 0 Å². The third-order valence-electron chi connectivity index (χ3n) is 6.13. The second-order valence-corrected chi connectivity index (χ2v) is 9.14. The van der Waals surface area contributed by atoms with E-state index in [2.05, 4.69) is 60.7 Å². The van der Waals surface area contributed by atoms with Crippen molar-refractivity contribution in [3.8, 4) is 0 Å². The fraction of sp³-hybridized carbons (Fsp3) is 0.348. The Bertz CT molecular complexity index is 1020. The van der Waals surface area contributed by atoms with Gasteiger partial charge in [-0.1, -0.05) is 49.7 Å². The molecular formula is C23H26ClN3S. The first-order valence-electron chi connectivity index (χ1n) is 9.75. The van der Waals surface area contributed by atoms with Crippen LogP contribution in [0, 0.1) is 18.3 Å². The normalized spacial score (nSPS) is 20.1. The van der Waals surface area contributed by atoms with Gasteiger partial charge in [-0.25, -0.2) is 0 Å². The minimum Gasteiger partial charge on any atom is -0.362 e. The molecule has 0 aliphatic heterocycles. The second-order valence-electron chi connectivity index (χ2n) is 8.29. The van der Waals surface area contributed by atoms with Crippen LogP contribution in [0.1, 0.15) is 37.4 Å². The van der Waals surface area contributed by atoms with E-state index < -0.39 is 0 Å². The summed E-state index contributed by atoms with van der Waals surface area (Å²) in [5, 5.41) is 9.25. The molecule has 3 aromatic rings. The molecule has 146 valence electrons. The van der Waals surface area contributed by atoms with Gasteiger partial charge in [-0.3, -0.25) is 0 Å². The maximum Gasteiger partial charge on any atom is 0.170 e. The van der Waals surface area contributed by atoms with Crippen molar-refractivity contribution < 1.29 is 0 Å². The van der Waals surface area contributed by atoms with Gasteiger partial charge in [-0.2, -0.15) is 0 Å². The smallest absolute Gasteiger partial charge is 0.170 e. The van der Waals surface area contributed by atoms with E-state index in [1.807, 2.05) is 24.3 Å². The minimum absolute atomic E-state index is 0.305. The van der Waals surface area contributed by atoms with Crippen molar-refractivity contribution in [2.24, 2.45) is 11.3 Å². The largest absolute Gasteiger partial charge is 0.362 e. The van der Waals surface area contributed by atoms with Gasteiger partial charge in [0.15, 0.2) is 5.11 Å². The lowest BCUT2D eigenvalue weighted by atomic mass is 10.0. The number of halogens is 1. The van der Waals surface area contributed by atoms with E-state index in [9.17, 15) is 0 Å². The van der Waals surface area contributed by atoms with Crippen molar-refractivity contribution in [3.05, 3.63) is 64.8 Å². The zero-order valence-corrected chi connectivity index (χ0v) is 18.0. The molecule has 4 rings (SSSR count). The van der Waals surface area contributed by atoms with Crippen LogP contribution in [-0.2, 0) is 0 Å². The maximum atomic E-state index is 6.03. The van der Waals surface area contributed by atoms with Gasteiger partial charge in [0.25, 0.3) is 0 Å². The molecule has 1 aliphatic carbocycles. The van der Waals surface area contributed by atoms with Gasteiger partial charge >= 0.3 is 0 Å². The predicted octanol–water partition coefficient (Wildman–Crippen LogP) is 6.25. The third-order valence-corrected chi connectivity index (χ3v) is 6.61. The highest BCUT2D eigenvalue weighted by molar-refractivity contribution is 7.80. The number of hydrogen-bond donors (Lipinski definition) is 3. The van der Waals surface area contributed by atoms with Gasteiger partial charge in [0.05, 0.1) is 0 Å². The molecule has 1 heterocycles. The van der Waals surface area contributed by atoms with Crippen molar-refractivity contribution in [1.29, 1.82) is 0 Å². The fourth-order valence-corrected chi connectivity index (χ4v) is 5.05. The molecule has 0 saturated heterocycles. The molecule has 0 radical (unpaired) electrons. The predicted molar refractivity (Wildman–Crippen MR) is 123 cm³/mol. The molecule has 2 atom stereocenters. The van der Waals surface area contributed by atoms with Crippen LogP contribution in [0.2, 0.25) is 5.02 Å². The second kappa shape index (κ2) is 7.41. The molecule has 0 amide bonds. The summed E-state index contributed by atoms with van der Waals surface area (Å²) in [5.74, 6) is 1.23. The Morgan fingerprint density at radius 1 is 1.18 bits per heavy atom. The fourth-order valence-electron chi connectivity index (χ4n) is 4.64. The Balaban J connectivity index is 1.38. The van der Waals surface area contributed by atoms with Crippen molar-refractivity contribution in [2.45, 2.75) is 33.1 Å². The van der Waals surface area contributed by atoms with Crippen molar-refractivity contribution in [3.63, 3.8) is 0 Å². The van der Waals surface area contributed by atoms with E-state index in [-0.39, 0.29) is 0 Å². The molecule has 0 unspecified atom stereocenters. The third kappa shape index (κ3) is 3.63. The quantitative estimate of drug-likeness (QED) is 0.435. The average Bonchev–Trinajstić information content (AvgIpc) is 3.00. The van der Waals surface area contributed by atoms with E-state index >= 15 is 0 Å². The molecular weight excluding hydrogens is 386 g/mol. The van der Waals surface area contributed by atoms with E-state index in [1.54, 1.807) is 0 Å². The number of thiocarbonyl (C=S) groups is 1. The van der Waals surface area contributed by atoms with E-state index in [0.29, 0.717) is 27.4 Å². The van der Waals surface area contributed by atoms with Gasteiger partial charge in [0, 0.05) is 33.9 Å². The molecule has 1 aliphatic rings. The Kier molecular flexibility index (Phi) is 5.11. The number of H-pyrrole nitrogens is 1. The summed E-state index contributed by atoms with van der Waals surface area (Å²) in [6, 6.07) is 16.2. The number of aromatic nitrogens is 1. The molecule has 2 aromatic carbocycles. The molecule has 28 heavy (non-hydrogen) atoms. The van der Waals surface area contributed by atoms with Crippen LogP contribution >= 0.6 is 23.8 Å². The lowest BCUT2D eigenvalue weighted by Gasteiger charge is -2.11. The molecule has 0 spiro atoms. The number of anilines is 1.